The van der Waals surface area contributed by atoms with Crippen LogP contribution in [0.4, 0.5) is 0 Å². The van der Waals surface area contributed by atoms with E-state index in [0.717, 1.165) is 0 Å². The smallest absolute Gasteiger partial charge is 0.215 e. The number of nitrogens with zero attached hydrogens (tertiary/aromatic N) is 1. The van der Waals surface area contributed by atoms with Gasteiger partial charge in [-0.05, 0) is 5.56 Å². The van der Waals surface area contributed by atoms with Crippen LogP contribution in [-0.4, -0.2) is 41.4 Å². The second-order valence-electron chi connectivity index (χ2n) is 5.50. The first-order chi connectivity index (χ1) is 11.1. The molecule has 3 aromatic carbocycles. The molecule has 0 amide bonds. The zero-order chi connectivity index (χ0) is 16.1. The molecule has 113 valence electrons. The van der Waals surface area contributed by atoms with Gasteiger partial charge in [0, 0.05) is 45.9 Å². The molecule has 0 spiro atoms. The van der Waals surface area contributed by atoms with Crippen molar-refractivity contribution >= 4 is 46.1 Å². The summed E-state index contributed by atoms with van der Waals surface area (Å²) in [5.74, 6) is -0.440. The molecule has 1 aliphatic rings. The first kappa shape index (κ1) is 16.9. The minimum absolute atomic E-state index is 0. The molecule has 2 unspecified atom stereocenters. The Kier molecular flexibility index (Phi) is 4.36. The summed E-state index contributed by atoms with van der Waals surface area (Å²) in [6, 6.07) is 11.6. The third-order valence-electron chi connectivity index (χ3n) is 4.20. The van der Waals surface area contributed by atoms with Gasteiger partial charge < -0.3 is 5.11 Å². The maximum Gasteiger partial charge on any atom is 0.215 e. The van der Waals surface area contributed by atoms with Crippen molar-refractivity contribution < 1.29 is 9.90 Å². The third kappa shape index (κ3) is 2.32. The SMILES string of the molecule is O=C1c2ccccc2C([O-])C1N=c1c(=O)c2ccccc2c1=O.[Na]. The number of hydrogen-bond acceptors (Lipinski definition) is 5. The Labute approximate surface area is 158 Å². The molecule has 0 heterocycles. The van der Waals surface area contributed by atoms with E-state index in [9.17, 15) is 19.5 Å². The number of rotatable bonds is 1. The summed E-state index contributed by atoms with van der Waals surface area (Å²) in [7, 11) is 0. The molecule has 3 aromatic rings. The van der Waals surface area contributed by atoms with Crippen LogP contribution >= 0.6 is 0 Å². The Balaban J connectivity index is 0.00000169. The summed E-state index contributed by atoms with van der Waals surface area (Å²) in [5, 5.41) is 12.6. The molecule has 5 nitrogen and oxygen atoms in total. The summed E-state index contributed by atoms with van der Waals surface area (Å²) >= 11 is 0. The molecule has 0 aromatic heterocycles. The van der Waals surface area contributed by atoms with Crippen molar-refractivity contribution in [2.24, 2.45) is 4.99 Å². The Hall–Kier alpha value is -1.92. The van der Waals surface area contributed by atoms with E-state index in [2.05, 4.69) is 4.99 Å². The van der Waals surface area contributed by atoms with Gasteiger partial charge in [-0.2, -0.15) is 0 Å². The second-order valence-corrected chi connectivity index (χ2v) is 5.50. The maximum atomic E-state index is 12.4. The van der Waals surface area contributed by atoms with E-state index in [0.29, 0.717) is 11.1 Å². The van der Waals surface area contributed by atoms with Gasteiger partial charge in [-0.3, -0.25) is 19.4 Å². The Morgan fingerprint density at radius 1 is 0.833 bits per heavy atom. The zero-order valence-electron chi connectivity index (χ0n) is 12.9. The second kappa shape index (κ2) is 6.18. The van der Waals surface area contributed by atoms with Gasteiger partial charge in [-0.25, -0.2) is 0 Å². The standard InChI is InChI=1S/C18H10NO4.Na/c20-15-9-5-1-2-6-10(9)16(21)13(15)19-14-17(22)11-7-3-4-8-12(11)18(14)23;/h1-8,13,15H;/q-1;. The van der Waals surface area contributed by atoms with Crippen LogP contribution in [0, 0.1) is 0 Å². The predicted molar refractivity (Wildman–Crippen MR) is 87.5 cm³/mol. The van der Waals surface area contributed by atoms with Gasteiger partial charge in [0.1, 0.15) is 6.04 Å². The van der Waals surface area contributed by atoms with Crippen molar-refractivity contribution in [2.45, 2.75) is 12.1 Å². The van der Waals surface area contributed by atoms with Gasteiger partial charge >= 0.3 is 0 Å². The van der Waals surface area contributed by atoms with Crippen molar-refractivity contribution in [3.05, 3.63) is 85.5 Å². The number of hydrogen-bond donors (Lipinski definition) is 0. The van der Waals surface area contributed by atoms with Gasteiger partial charge in [0.05, 0.1) is 0 Å². The fourth-order valence-corrected chi connectivity index (χ4v) is 3.06. The summed E-state index contributed by atoms with van der Waals surface area (Å²) in [6.07, 6.45) is -1.39. The Morgan fingerprint density at radius 3 is 1.96 bits per heavy atom. The summed E-state index contributed by atoms with van der Waals surface area (Å²) in [6.45, 7) is 0. The molecular weight excluding hydrogens is 317 g/mol. The third-order valence-corrected chi connectivity index (χ3v) is 4.20. The van der Waals surface area contributed by atoms with E-state index >= 15 is 0 Å². The van der Waals surface area contributed by atoms with E-state index in [1.807, 2.05) is 0 Å². The van der Waals surface area contributed by atoms with E-state index in [1.165, 1.54) is 12.1 Å². The number of carbonyl (C=O) groups excluding carboxylic acids is 1. The molecule has 0 bridgehead atoms. The summed E-state index contributed by atoms with van der Waals surface area (Å²) < 4.78 is 0. The van der Waals surface area contributed by atoms with Crippen LogP contribution in [0.2, 0.25) is 0 Å². The van der Waals surface area contributed by atoms with Gasteiger partial charge in [0.2, 0.25) is 10.9 Å². The van der Waals surface area contributed by atoms with Crippen LogP contribution < -0.4 is 21.3 Å². The first-order valence-electron chi connectivity index (χ1n) is 7.15. The van der Waals surface area contributed by atoms with E-state index in [-0.39, 0.29) is 45.7 Å². The Bertz CT molecular complexity index is 1060. The van der Waals surface area contributed by atoms with Crippen LogP contribution in [0.5, 0.6) is 0 Å². The topological polar surface area (TPSA) is 86.6 Å². The van der Waals surface area contributed by atoms with Gasteiger partial charge in [-0.15, -0.1) is 0 Å². The molecule has 0 fully saturated rings. The molecule has 0 saturated heterocycles. The molecule has 0 saturated carbocycles. The van der Waals surface area contributed by atoms with Crippen LogP contribution in [0.3, 0.4) is 0 Å². The number of fused-ring (bicyclic) bond motifs is 2. The monoisotopic (exact) mass is 327 g/mol. The normalized spacial score (nSPS) is 19.1. The average Bonchev–Trinajstić information content (AvgIpc) is 2.97. The minimum atomic E-state index is -1.39. The van der Waals surface area contributed by atoms with Gasteiger partial charge in [0.25, 0.3) is 0 Å². The fourth-order valence-electron chi connectivity index (χ4n) is 3.06. The van der Waals surface area contributed by atoms with Crippen LogP contribution in [0.1, 0.15) is 22.0 Å². The van der Waals surface area contributed by atoms with Gasteiger partial charge in [0.15, 0.2) is 11.1 Å². The predicted octanol–water partition coefficient (Wildman–Crippen LogP) is -0.378. The zero-order valence-corrected chi connectivity index (χ0v) is 14.9. The van der Waals surface area contributed by atoms with E-state index < -0.39 is 28.8 Å². The van der Waals surface area contributed by atoms with Crippen molar-refractivity contribution in [3.63, 3.8) is 0 Å². The van der Waals surface area contributed by atoms with Crippen molar-refractivity contribution in [1.29, 1.82) is 0 Å². The molecule has 1 radical (unpaired) electrons. The van der Waals surface area contributed by atoms with Crippen LogP contribution in [-0.2, 0) is 0 Å². The minimum Gasteiger partial charge on any atom is -0.847 e. The van der Waals surface area contributed by atoms with Crippen molar-refractivity contribution in [3.8, 4) is 0 Å². The first-order valence-corrected chi connectivity index (χ1v) is 7.15. The maximum absolute atomic E-state index is 12.4. The average molecular weight is 327 g/mol. The molecule has 24 heavy (non-hydrogen) atoms. The molecule has 0 aliphatic heterocycles. The molecular formula is C18H10NNaO4-. The summed E-state index contributed by atoms with van der Waals surface area (Å²) in [4.78, 5) is 41.0. The quantitative estimate of drug-likeness (QED) is 0.570. The number of Topliss-reactive ketones (excluding diaryl/α,β-unsaturated/α-hetero) is 1. The number of ketones is 1. The molecule has 4 rings (SSSR count). The van der Waals surface area contributed by atoms with Crippen molar-refractivity contribution in [1.82, 2.24) is 0 Å². The molecule has 1 aliphatic carbocycles. The largest absolute Gasteiger partial charge is 0.847 e. The molecule has 6 heteroatoms. The van der Waals surface area contributed by atoms with Gasteiger partial charge in [-0.1, -0.05) is 54.6 Å². The molecule has 2 atom stereocenters. The number of carbonyl (C=O) groups is 1. The molecule has 0 N–H and O–H groups in total. The van der Waals surface area contributed by atoms with Crippen molar-refractivity contribution in [2.75, 3.05) is 0 Å². The summed E-state index contributed by atoms with van der Waals surface area (Å²) in [5.41, 5.74) is -0.373. The number of benzene rings is 2. The van der Waals surface area contributed by atoms with E-state index in [4.69, 9.17) is 0 Å². The Morgan fingerprint density at radius 2 is 1.38 bits per heavy atom. The van der Waals surface area contributed by atoms with Crippen LogP contribution in [0.25, 0.3) is 10.8 Å². The van der Waals surface area contributed by atoms with Crippen LogP contribution in [0.15, 0.2) is 63.1 Å². The van der Waals surface area contributed by atoms with E-state index in [1.54, 1.807) is 36.4 Å². The fraction of sp³-hybridized carbons (Fsp3) is 0.111.